The second kappa shape index (κ2) is 9.23. The van der Waals surface area contributed by atoms with E-state index in [4.69, 9.17) is 4.74 Å². The fraction of sp³-hybridized carbons (Fsp3) is 0.667. The van der Waals surface area contributed by atoms with Gasteiger partial charge in [0.25, 0.3) is 10.0 Å². The molecular weight excluding hydrogens is 468 g/mol. The third-order valence-electron chi connectivity index (χ3n) is 5.23. The van der Waals surface area contributed by atoms with Gasteiger partial charge in [0.1, 0.15) is 4.21 Å². The average Bonchev–Trinajstić information content (AvgIpc) is 3.15. The van der Waals surface area contributed by atoms with E-state index in [9.17, 15) is 18.0 Å². The molecule has 7 nitrogen and oxygen atoms in total. The second-order valence-corrected chi connectivity index (χ2v) is 11.8. The molecule has 1 aromatic rings. The van der Waals surface area contributed by atoms with Gasteiger partial charge in [-0.15, -0.1) is 11.3 Å². The number of piperidine rings is 2. The molecule has 3 rings (SSSR count). The van der Waals surface area contributed by atoms with E-state index < -0.39 is 10.0 Å². The molecule has 2 aliphatic heterocycles. The van der Waals surface area contributed by atoms with Crippen LogP contribution >= 0.6 is 27.3 Å². The number of esters is 1. The monoisotopic (exact) mass is 492 g/mol. The van der Waals surface area contributed by atoms with Crippen molar-refractivity contribution in [3.63, 3.8) is 0 Å². The third kappa shape index (κ3) is 4.77. The van der Waals surface area contributed by atoms with Crippen molar-refractivity contribution in [2.45, 2.75) is 36.8 Å². The number of amides is 1. The zero-order chi connectivity index (χ0) is 20.3. The summed E-state index contributed by atoms with van der Waals surface area (Å²) in [5, 5.41) is 0. The summed E-state index contributed by atoms with van der Waals surface area (Å²) < 4.78 is 33.3. The summed E-state index contributed by atoms with van der Waals surface area (Å²) in [5.41, 5.74) is 0. The molecule has 2 saturated heterocycles. The highest BCUT2D eigenvalue weighted by Gasteiger charge is 2.37. The molecule has 1 amide bonds. The van der Waals surface area contributed by atoms with E-state index >= 15 is 0 Å². The Morgan fingerprint density at radius 3 is 2.57 bits per heavy atom. The standard InChI is InChI=1S/C18H25BrN2O5S2/c1-2-26-18(23)14-6-3-9-20(11-14)17(22)13-5-4-10-21(12-13)28(24,25)16-8-7-15(19)27-16/h7-8,13-14H,2-6,9-12H2,1H3. The van der Waals surface area contributed by atoms with Crippen LogP contribution in [0.25, 0.3) is 0 Å². The van der Waals surface area contributed by atoms with Crippen LogP contribution in [0.4, 0.5) is 0 Å². The summed E-state index contributed by atoms with van der Waals surface area (Å²) in [6, 6.07) is 3.30. The maximum atomic E-state index is 13.0. The van der Waals surface area contributed by atoms with Crippen molar-refractivity contribution in [3.05, 3.63) is 15.9 Å². The van der Waals surface area contributed by atoms with E-state index in [1.54, 1.807) is 24.0 Å². The highest BCUT2D eigenvalue weighted by atomic mass is 79.9. The molecule has 3 heterocycles. The van der Waals surface area contributed by atoms with Gasteiger partial charge in [0, 0.05) is 26.2 Å². The Morgan fingerprint density at radius 1 is 1.18 bits per heavy atom. The smallest absolute Gasteiger partial charge is 0.310 e. The molecular formula is C18H25BrN2O5S2. The second-order valence-electron chi connectivity index (χ2n) is 7.14. The molecule has 0 saturated carbocycles. The topological polar surface area (TPSA) is 84.0 Å². The number of rotatable bonds is 5. The van der Waals surface area contributed by atoms with Crippen molar-refractivity contribution in [3.8, 4) is 0 Å². The molecule has 0 radical (unpaired) electrons. The van der Waals surface area contributed by atoms with Gasteiger partial charge in [0.15, 0.2) is 0 Å². The van der Waals surface area contributed by atoms with Crippen LogP contribution in [0.15, 0.2) is 20.1 Å². The molecule has 0 spiro atoms. The number of hydrogen-bond acceptors (Lipinski definition) is 6. The van der Waals surface area contributed by atoms with Crippen molar-refractivity contribution < 1.29 is 22.7 Å². The number of ether oxygens (including phenoxy) is 1. The van der Waals surface area contributed by atoms with E-state index in [1.165, 1.54) is 15.6 Å². The summed E-state index contributed by atoms with van der Waals surface area (Å²) in [6.45, 7) is 3.68. The van der Waals surface area contributed by atoms with Crippen molar-refractivity contribution in [1.29, 1.82) is 0 Å². The van der Waals surface area contributed by atoms with E-state index in [2.05, 4.69) is 15.9 Å². The first kappa shape index (κ1) is 21.7. The minimum absolute atomic E-state index is 0.0544. The first-order valence-electron chi connectivity index (χ1n) is 9.53. The van der Waals surface area contributed by atoms with Gasteiger partial charge in [-0.1, -0.05) is 0 Å². The number of sulfonamides is 1. The number of thiophene rings is 1. The van der Waals surface area contributed by atoms with Gasteiger partial charge in [-0.25, -0.2) is 8.42 Å². The van der Waals surface area contributed by atoms with E-state index in [-0.39, 0.29) is 34.5 Å². The van der Waals surface area contributed by atoms with Crippen LogP contribution in [0.3, 0.4) is 0 Å². The van der Waals surface area contributed by atoms with E-state index in [0.717, 1.165) is 16.6 Å². The molecule has 2 atom stereocenters. The summed E-state index contributed by atoms with van der Waals surface area (Å²) in [6.07, 6.45) is 2.80. The maximum Gasteiger partial charge on any atom is 0.310 e. The molecule has 1 aromatic heterocycles. The minimum atomic E-state index is -3.59. The number of hydrogen-bond donors (Lipinski definition) is 0. The molecule has 2 unspecified atom stereocenters. The average molecular weight is 493 g/mol. The predicted octanol–water partition coefficient (Wildman–Crippen LogP) is 2.71. The normalized spacial score (nSPS) is 24.1. The first-order valence-corrected chi connectivity index (χ1v) is 12.6. The lowest BCUT2D eigenvalue weighted by atomic mass is 9.94. The zero-order valence-electron chi connectivity index (χ0n) is 15.8. The van der Waals surface area contributed by atoms with Crippen LogP contribution in [0.5, 0.6) is 0 Å². The molecule has 156 valence electrons. The highest BCUT2D eigenvalue weighted by molar-refractivity contribution is 9.11. The lowest BCUT2D eigenvalue weighted by Crippen LogP contribution is -2.50. The molecule has 10 heteroatoms. The van der Waals surface area contributed by atoms with Gasteiger partial charge in [-0.3, -0.25) is 9.59 Å². The Balaban J connectivity index is 1.66. The fourth-order valence-electron chi connectivity index (χ4n) is 3.81. The van der Waals surface area contributed by atoms with Gasteiger partial charge in [0.05, 0.1) is 22.2 Å². The van der Waals surface area contributed by atoms with Crippen LogP contribution in [0, 0.1) is 11.8 Å². The molecule has 28 heavy (non-hydrogen) atoms. The Labute approximate surface area is 178 Å². The van der Waals surface area contributed by atoms with Gasteiger partial charge >= 0.3 is 5.97 Å². The quantitative estimate of drug-likeness (QED) is 0.589. The third-order valence-corrected chi connectivity index (χ3v) is 9.19. The van der Waals surface area contributed by atoms with Gasteiger partial charge in [-0.05, 0) is 60.7 Å². The number of carbonyl (C=O) groups excluding carboxylic acids is 2. The van der Waals surface area contributed by atoms with Crippen molar-refractivity contribution in [1.82, 2.24) is 9.21 Å². The fourth-order valence-corrected chi connectivity index (χ4v) is 7.50. The lowest BCUT2D eigenvalue weighted by molar-refractivity contribution is -0.152. The summed E-state index contributed by atoms with van der Waals surface area (Å²) in [4.78, 5) is 26.8. The van der Waals surface area contributed by atoms with Crippen LogP contribution in [0.2, 0.25) is 0 Å². The minimum Gasteiger partial charge on any atom is -0.466 e. The Kier molecular flexibility index (Phi) is 7.17. The first-order chi connectivity index (χ1) is 13.3. The highest BCUT2D eigenvalue weighted by Crippen LogP contribution is 2.31. The van der Waals surface area contributed by atoms with Crippen molar-refractivity contribution in [2.24, 2.45) is 11.8 Å². The zero-order valence-corrected chi connectivity index (χ0v) is 19.0. The van der Waals surface area contributed by atoms with Crippen LogP contribution in [0.1, 0.15) is 32.6 Å². The van der Waals surface area contributed by atoms with Crippen LogP contribution < -0.4 is 0 Å². The Bertz CT molecular complexity index is 826. The SMILES string of the molecule is CCOC(=O)C1CCCN(C(=O)C2CCCN(S(=O)(=O)c3ccc(Br)s3)C2)C1. The van der Waals surface area contributed by atoms with Gasteiger partial charge in [0.2, 0.25) is 5.91 Å². The summed E-state index contributed by atoms with van der Waals surface area (Å²) in [5.74, 6) is -0.963. The number of nitrogens with zero attached hydrogens (tertiary/aromatic N) is 2. The molecule has 0 N–H and O–H groups in total. The lowest BCUT2D eigenvalue weighted by Gasteiger charge is -2.37. The largest absolute Gasteiger partial charge is 0.466 e. The predicted molar refractivity (Wildman–Crippen MR) is 109 cm³/mol. The number of likely N-dealkylation sites (tertiary alicyclic amines) is 1. The molecule has 2 aliphatic rings. The van der Waals surface area contributed by atoms with E-state index in [0.29, 0.717) is 39.1 Å². The van der Waals surface area contributed by atoms with Crippen molar-refractivity contribution >= 4 is 49.2 Å². The van der Waals surface area contributed by atoms with Gasteiger partial charge in [-0.2, -0.15) is 4.31 Å². The van der Waals surface area contributed by atoms with Crippen molar-refractivity contribution in [2.75, 3.05) is 32.8 Å². The number of carbonyl (C=O) groups is 2. The molecule has 0 aromatic carbocycles. The molecule has 2 fully saturated rings. The maximum absolute atomic E-state index is 13.0. The van der Waals surface area contributed by atoms with Crippen LogP contribution in [-0.4, -0.2) is 62.3 Å². The van der Waals surface area contributed by atoms with Gasteiger partial charge < -0.3 is 9.64 Å². The van der Waals surface area contributed by atoms with Crippen LogP contribution in [-0.2, 0) is 24.3 Å². The summed E-state index contributed by atoms with van der Waals surface area (Å²) >= 11 is 4.48. The Hall–Kier alpha value is -0.970. The van der Waals surface area contributed by atoms with E-state index in [1.807, 2.05) is 0 Å². The summed E-state index contributed by atoms with van der Waals surface area (Å²) in [7, 11) is -3.59. The molecule has 0 aliphatic carbocycles. The Morgan fingerprint density at radius 2 is 1.89 bits per heavy atom. The number of halogens is 1. The molecule has 0 bridgehead atoms.